The minimum absolute atomic E-state index is 0.113. The van der Waals surface area contributed by atoms with Crippen LogP contribution in [0.5, 0.6) is 5.75 Å². The van der Waals surface area contributed by atoms with E-state index in [4.69, 9.17) is 9.15 Å². The first kappa shape index (κ1) is 17.4. The summed E-state index contributed by atoms with van der Waals surface area (Å²) in [6.07, 6.45) is 1.39. The van der Waals surface area contributed by atoms with Gasteiger partial charge in [-0.2, -0.15) is 0 Å². The lowest BCUT2D eigenvalue weighted by atomic mass is 10.3. The number of benzene rings is 1. The topological polar surface area (TPSA) is 68.5 Å². The number of hydrogen-bond acceptors (Lipinski definition) is 6. The van der Waals surface area contributed by atoms with E-state index in [0.29, 0.717) is 23.9 Å². The summed E-state index contributed by atoms with van der Waals surface area (Å²) in [5.41, 5.74) is 1.22. The van der Waals surface area contributed by atoms with Gasteiger partial charge in [-0.15, -0.1) is 11.3 Å². The molecule has 0 saturated carbocycles. The molecule has 0 spiro atoms. The normalized spacial score (nSPS) is 11.2. The lowest BCUT2D eigenvalue weighted by Crippen LogP contribution is -2.36. The zero-order valence-electron chi connectivity index (χ0n) is 14.8. The van der Waals surface area contributed by atoms with E-state index in [1.807, 2.05) is 45.9 Å². The molecule has 0 atom stereocenters. The van der Waals surface area contributed by atoms with Gasteiger partial charge in [-0.1, -0.05) is 0 Å². The molecule has 6 nitrogen and oxygen atoms in total. The van der Waals surface area contributed by atoms with Crippen LogP contribution in [-0.2, 0) is 6.61 Å². The molecule has 132 valence electrons. The molecule has 2 aromatic heterocycles. The molecule has 2 heterocycles. The number of carbonyl (C=O) groups excluding carboxylic acids is 1. The second-order valence-electron chi connectivity index (χ2n) is 5.96. The lowest BCUT2D eigenvalue weighted by molar-refractivity contribution is 0.0710. The Bertz CT molecular complexity index is 885. The number of amides is 1. The third-order valence-corrected chi connectivity index (χ3v) is 4.78. The second-order valence-corrected chi connectivity index (χ2v) is 7.20. The van der Waals surface area contributed by atoms with Crippen LogP contribution in [0.15, 0.2) is 28.9 Å². The molecule has 0 saturated heterocycles. The predicted octanol–water partition coefficient (Wildman–Crippen LogP) is 4.04. The third-order valence-electron chi connectivity index (χ3n) is 3.82. The molecule has 1 amide bonds. The Morgan fingerprint density at radius 1 is 1.36 bits per heavy atom. The molecule has 0 N–H and O–H groups in total. The minimum atomic E-state index is -0.133. The van der Waals surface area contributed by atoms with Crippen molar-refractivity contribution in [3.05, 3.63) is 41.1 Å². The van der Waals surface area contributed by atoms with E-state index >= 15 is 0 Å². The Morgan fingerprint density at radius 3 is 2.88 bits per heavy atom. The van der Waals surface area contributed by atoms with Crippen molar-refractivity contribution in [1.82, 2.24) is 14.9 Å². The van der Waals surface area contributed by atoms with Crippen LogP contribution in [0.4, 0.5) is 0 Å². The molecule has 3 rings (SSSR count). The van der Waals surface area contributed by atoms with Crippen LogP contribution in [0.1, 0.15) is 42.2 Å². The number of aromatic nitrogens is 2. The van der Waals surface area contributed by atoms with Crippen molar-refractivity contribution >= 4 is 27.5 Å². The molecule has 0 aliphatic carbocycles. The van der Waals surface area contributed by atoms with Crippen molar-refractivity contribution in [2.45, 2.75) is 40.3 Å². The maximum absolute atomic E-state index is 12.4. The average Bonchev–Trinajstić information content (AvgIpc) is 3.18. The number of ether oxygens (including phenoxy) is 1. The van der Waals surface area contributed by atoms with Crippen LogP contribution in [0.25, 0.3) is 10.2 Å². The minimum Gasteiger partial charge on any atom is -0.484 e. The summed E-state index contributed by atoms with van der Waals surface area (Å²) in [7, 11) is 0. The van der Waals surface area contributed by atoms with Crippen molar-refractivity contribution in [2.75, 3.05) is 6.54 Å². The molecule has 7 heteroatoms. The van der Waals surface area contributed by atoms with Crippen molar-refractivity contribution in [3.8, 4) is 5.75 Å². The fourth-order valence-corrected chi connectivity index (χ4v) is 3.43. The van der Waals surface area contributed by atoms with Gasteiger partial charge in [0.25, 0.3) is 5.91 Å². The number of fused-ring (bicyclic) bond motifs is 1. The van der Waals surface area contributed by atoms with Gasteiger partial charge in [0.1, 0.15) is 12.0 Å². The van der Waals surface area contributed by atoms with E-state index in [1.54, 1.807) is 16.2 Å². The largest absolute Gasteiger partial charge is 0.484 e. The van der Waals surface area contributed by atoms with E-state index in [-0.39, 0.29) is 18.6 Å². The van der Waals surface area contributed by atoms with Gasteiger partial charge in [-0.05, 0) is 39.8 Å². The Morgan fingerprint density at radius 2 is 2.16 bits per heavy atom. The maximum atomic E-state index is 12.4. The predicted molar refractivity (Wildman–Crippen MR) is 97.0 cm³/mol. The van der Waals surface area contributed by atoms with E-state index in [0.717, 1.165) is 15.2 Å². The zero-order valence-corrected chi connectivity index (χ0v) is 15.6. The van der Waals surface area contributed by atoms with Crippen LogP contribution < -0.4 is 4.74 Å². The fraction of sp³-hybridized carbons (Fsp3) is 0.389. The Hall–Kier alpha value is -2.41. The molecular formula is C18H21N3O3S. The van der Waals surface area contributed by atoms with Gasteiger partial charge in [-0.25, -0.2) is 9.97 Å². The van der Waals surface area contributed by atoms with E-state index in [9.17, 15) is 4.79 Å². The number of carbonyl (C=O) groups is 1. The fourth-order valence-electron chi connectivity index (χ4n) is 2.62. The first-order chi connectivity index (χ1) is 12.0. The molecule has 3 aromatic rings. The van der Waals surface area contributed by atoms with Gasteiger partial charge in [0.15, 0.2) is 12.3 Å². The average molecular weight is 359 g/mol. The molecule has 1 aromatic carbocycles. The van der Waals surface area contributed by atoms with E-state index in [1.165, 1.54) is 6.26 Å². The molecule has 0 fully saturated rings. The first-order valence-electron chi connectivity index (χ1n) is 8.23. The summed E-state index contributed by atoms with van der Waals surface area (Å²) in [5, 5.41) is 1.02. The SMILES string of the molecule is CCN(C(=O)c1coc(COc2ccc3sc(C)nc3c2)n1)C(C)C. The van der Waals surface area contributed by atoms with Crippen LogP contribution in [0.2, 0.25) is 0 Å². The maximum Gasteiger partial charge on any atom is 0.276 e. The number of thiazole rings is 1. The van der Waals surface area contributed by atoms with Crippen molar-refractivity contribution in [1.29, 1.82) is 0 Å². The van der Waals surface area contributed by atoms with E-state index < -0.39 is 0 Å². The molecule has 0 bridgehead atoms. The van der Waals surface area contributed by atoms with Crippen molar-refractivity contribution in [3.63, 3.8) is 0 Å². The number of rotatable bonds is 6. The number of aryl methyl sites for hydroxylation is 1. The molecule has 0 radical (unpaired) electrons. The van der Waals surface area contributed by atoms with Crippen LogP contribution >= 0.6 is 11.3 Å². The van der Waals surface area contributed by atoms with Crippen LogP contribution in [0.3, 0.4) is 0 Å². The summed E-state index contributed by atoms with van der Waals surface area (Å²) in [4.78, 5) is 22.8. The standard InChI is InChI=1S/C18H21N3O3S/c1-5-21(11(2)3)18(22)15-9-24-17(20-15)10-23-13-6-7-16-14(8-13)19-12(4)25-16/h6-9,11H,5,10H2,1-4H3. The summed E-state index contributed by atoms with van der Waals surface area (Å²) in [6.45, 7) is 8.66. The number of oxazole rings is 1. The summed E-state index contributed by atoms with van der Waals surface area (Å²) < 4.78 is 12.2. The van der Waals surface area contributed by atoms with Crippen molar-refractivity contribution < 1.29 is 13.9 Å². The summed E-state index contributed by atoms with van der Waals surface area (Å²) in [5.74, 6) is 0.936. The van der Waals surface area contributed by atoms with E-state index in [2.05, 4.69) is 9.97 Å². The quantitative estimate of drug-likeness (QED) is 0.664. The summed E-state index contributed by atoms with van der Waals surface area (Å²) >= 11 is 1.65. The highest BCUT2D eigenvalue weighted by molar-refractivity contribution is 7.18. The molecule has 0 aliphatic heterocycles. The molecule has 0 aliphatic rings. The Balaban J connectivity index is 1.67. The Labute approximate surface area is 150 Å². The lowest BCUT2D eigenvalue weighted by Gasteiger charge is -2.23. The highest BCUT2D eigenvalue weighted by atomic mass is 32.1. The van der Waals surface area contributed by atoms with Crippen LogP contribution in [-0.4, -0.2) is 33.4 Å². The smallest absolute Gasteiger partial charge is 0.276 e. The summed E-state index contributed by atoms with van der Waals surface area (Å²) in [6, 6.07) is 5.89. The number of nitrogens with zero attached hydrogens (tertiary/aromatic N) is 3. The van der Waals surface area contributed by atoms with Crippen LogP contribution in [0, 0.1) is 6.92 Å². The van der Waals surface area contributed by atoms with Gasteiger partial charge < -0.3 is 14.1 Å². The highest BCUT2D eigenvalue weighted by Crippen LogP contribution is 2.26. The first-order valence-corrected chi connectivity index (χ1v) is 9.05. The second kappa shape index (κ2) is 7.23. The zero-order chi connectivity index (χ0) is 18.0. The molecule has 0 unspecified atom stereocenters. The monoisotopic (exact) mass is 359 g/mol. The van der Waals surface area contributed by atoms with Gasteiger partial charge in [-0.3, -0.25) is 4.79 Å². The third kappa shape index (κ3) is 3.82. The van der Waals surface area contributed by atoms with Gasteiger partial charge in [0.2, 0.25) is 5.89 Å². The molecule has 25 heavy (non-hydrogen) atoms. The number of hydrogen-bond donors (Lipinski definition) is 0. The van der Waals surface area contributed by atoms with Gasteiger partial charge >= 0.3 is 0 Å². The Kier molecular flexibility index (Phi) is 5.03. The highest BCUT2D eigenvalue weighted by Gasteiger charge is 2.20. The van der Waals surface area contributed by atoms with Crippen molar-refractivity contribution in [2.24, 2.45) is 0 Å². The van der Waals surface area contributed by atoms with Gasteiger partial charge in [0.05, 0.1) is 15.2 Å². The molecular weight excluding hydrogens is 338 g/mol. The van der Waals surface area contributed by atoms with Gasteiger partial charge in [0, 0.05) is 18.7 Å².